The highest BCUT2D eigenvalue weighted by Crippen LogP contribution is 2.41. The number of hydrogen-bond donors (Lipinski definition) is 1. The zero-order chi connectivity index (χ0) is 20.1. The molecule has 2 aliphatic heterocycles. The molecule has 2 aromatic heterocycles. The van der Waals surface area contributed by atoms with E-state index in [1.807, 2.05) is 12.1 Å². The van der Waals surface area contributed by atoms with E-state index >= 15 is 0 Å². The van der Waals surface area contributed by atoms with Crippen LogP contribution in [0.3, 0.4) is 0 Å². The monoisotopic (exact) mass is 397 g/mol. The summed E-state index contributed by atoms with van der Waals surface area (Å²) < 4.78 is 11.4. The average Bonchev–Trinajstić information content (AvgIpc) is 3.38. The molecule has 2 aromatic carbocycles. The third-order valence-electron chi connectivity index (χ3n) is 6.18. The first kappa shape index (κ1) is 17.5. The first-order valence-corrected chi connectivity index (χ1v) is 10.4. The topological polar surface area (TPSA) is 50.4 Å². The number of aromatic nitrogens is 2. The lowest BCUT2D eigenvalue weighted by molar-refractivity contribution is 0.168. The quantitative estimate of drug-likeness (QED) is 0.542. The molecule has 0 radical (unpaired) electrons. The molecule has 150 valence electrons. The largest absolute Gasteiger partial charge is 0.454 e. The molecule has 4 aromatic rings. The predicted molar refractivity (Wildman–Crippen MR) is 116 cm³/mol. The number of aryl methyl sites for hydroxylation is 1. The number of hydrogen-bond acceptors (Lipinski definition) is 4. The van der Waals surface area contributed by atoms with Crippen LogP contribution in [0.5, 0.6) is 11.5 Å². The Morgan fingerprint density at radius 3 is 2.87 bits per heavy atom. The number of fused-ring (bicyclic) bond motifs is 4. The minimum absolute atomic E-state index is 0.0687. The summed E-state index contributed by atoms with van der Waals surface area (Å²) in [6, 6.07) is 21.1. The van der Waals surface area contributed by atoms with E-state index in [4.69, 9.17) is 14.5 Å². The van der Waals surface area contributed by atoms with Crippen molar-refractivity contribution in [3.63, 3.8) is 0 Å². The minimum Gasteiger partial charge on any atom is -0.454 e. The number of aromatic amines is 1. The Balaban J connectivity index is 1.47. The van der Waals surface area contributed by atoms with Crippen LogP contribution >= 0.6 is 0 Å². The lowest BCUT2D eigenvalue weighted by atomic mass is 9.94. The maximum Gasteiger partial charge on any atom is 0.231 e. The van der Waals surface area contributed by atoms with Crippen LogP contribution in [0.1, 0.15) is 34.3 Å². The summed E-state index contributed by atoms with van der Waals surface area (Å²) in [5, 5.41) is 1.32. The van der Waals surface area contributed by atoms with Gasteiger partial charge in [-0.25, -0.2) is 0 Å². The van der Waals surface area contributed by atoms with E-state index in [0.717, 1.165) is 48.0 Å². The lowest BCUT2D eigenvalue weighted by Gasteiger charge is -2.35. The Labute approximate surface area is 175 Å². The Hall–Kier alpha value is -3.31. The fourth-order valence-electron chi connectivity index (χ4n) is 4.85. The van der Waals surface area contributed by atoms with Crippen molar-refractivity contribution >= 4 is 10.9 Å². The van der Waals surface area contributed by atoms with Crippen LogP contribution in [0, 0.1) is 6.92 Å². The van der Waals surface area contributed by atoms with Gasteiger partial charge in [0.15, 0.2) is 11.5 Å². The summed E-state index contributed by atoms with van der Waals surface area (Å²) >= 11 is 0. The van der Waals surface area contributed by atoms with E-state index in [9.17, 15) is 0 Å². The van der Waals surface area contributed by atoms with Gasteiger partial charge in [-0.05, 0) is 43.2 Å². The van der Waals surface area contributed by atoms with Gasteiger partial charge >= 0.3 is 0 Å². The molecule has 0 spiro atoms. The summed E-state index contributed by atoms with van der Waals surface area (Å²) in [5.41, 5.74) is 7.13. The molecule has 0 saturated carbocycles. The molecule has 5 nitrogen and oxygen atoms in total. The van der Waals surface area contributed by atoms with Crippen LogP contribution in [-0.2, 0) is 13.0 Å². The zero-order valence-corrected chi connectivity index (χ0v) is 16.9. The number of benzene rings is 2. The van der Waals surface area contributed by atoms with Gasteiger partial charge in [0.05, 0.1) is 11.7 Å². The highest BCUT2D eigenvalue weighted by Gasteiger charge is 2.33. The molecular formula is C25H23N3O2. The summed E-state index contributed by atoms with van der Waals surface area (Å²) in [6.45, 7) is 4.08. The van der Waals surface area contributed by atoms with E-state index < -0.39 is 0 Å². The van der Waals surface area contributed by atoms with Crippen LogP contribution in [0.15, 0.2) is 60.7 Å². The molecule has 30 heavy (non-hydrogen) atoms. The van der Waals surface area contributed by atoms with Crippen LogP contribution in [0.4, 0.5) is 0 Å². The third-order valence-corrected chi connectivity index (χ3v) is 6.18. The second kappa shape index (κ2) is 6.89. The van der Waals surface area contributed by atoms with Crippen molar-refractivity contribution in [1.29, 1.82) is 0 Å². The van der Waals surface area contributed by atoms with Crippen molar-refractivity contribution < 1.29 is 9.47 Å². The summed E-state index contributed by atoms with van der Waals surface area (Å²) in [5.74, 6) is 1.71. The van der Waals surface area contributed by atoms with Crippen molar-refractivity contribution in [3.8, 4) is 11.5 Å². The van der Waals surface area contributed by atoms with E-state index in [2.05, 4.69) is 65.3 Å². The van der Waals surface area contributed by atoms with Crippen molar-refractivity contribution in [3.05, 3.63) is 88.9 Å². The standard InChI is InChI=1S/C25H23N3O2/c1-16-6-4-10-21(26-16)24-23-19(18-8-2-3-9-20(18)27-23)12-13-28(24)14-17-7-5-11-22-25(17)30-15-29-22/h2-11,24,27H,12-15H2,1H3/t24-/m1/s1. The zero-order valence-electron chi connectivity index (χ0n) is 16.9. The van der Waals surface area contributed by atoms with Gasteiger partial charge in [-0.2, -0.15) is 0 Å². The van der Waals surface area contributed by atoms with Crippen LogP contribution in [-0.4, -0.2) is 28.2 Å². The van der Waals surface area contributed by atoms with Gasteiger partial charge in [-0.15, -0.1) is 0 Å². The van der Waals surface area contributed by atoms with Crippen molar-refractivity contribution in [2.24, 2.45) is 0 Å². The number of rotatable bonds is 3. The fraction of sp³-hybridized carbons (Fsp3) is 0.240. The van der Waals surface area contributed by atoms with E-state index in [-0.39, 0.29) is 6.04 Å². The first-order chi connectivity index (χ1) is 14.8. The van der Waals surface area contributed by atoms with Gasteiger partial charge in [-0.1, -0.05) is 36.4 Å². The molecule has 5 heteroatoms. The molecule has 1 atom stereocenters. The Bertz CT molecular complexity index is 1250. The molecule has 4 heterocycles. The summed E-state index contributed by atoms with van der Waals surface area (Å²) in [6.07, 6.45) is 1.01. The normalized spacial score (nSPS) is 18.0. The summed E-state index contributed by atoms with van der Waals surface area (Å²) in [4.78, 5) is 11.1. The van der Waals surface area contributed by atoms with E-state index in [1.165, 1.54) is 22.2 Å². The highest BCUT2D eigenvalue weighted by molar-refractivity contribution is 5.85. The number of ether oxygens (including phenoxy) is 2. The number of pyridine rings is 1. The maximum absolute atomic E-state index is 5.78. The van der Waals surface area contributed by atoms with Crippen molar-refractivity contribution in [1.82, 2.24) is 14.9 Å². The van der Waals surface area contributed by atoms with Gasteiger partial charge in [0.1, 0.15) is 0 Å². The fourth-order valence-corrected chi connectivity index (χ4v) is 4.85. The number of H-pyrrole nitrogens is 1. The molecule has 0 bridgehead atoms. The SMILES string of the molecule is Cc1cccc([C@@H]2c3[nH]c4ccccc4c3CCN2Cc2cccc3c2OCO3)n1. The average molecular weight is 397 g/mol. The van der Waals surface area contributed by atoms with Crippen LogP contribution in [0.2, 0.25) is 0 Å². The molecular weight excluding hydrogens is 374 g/mol. The summed E-state index contributed by atoms with van der Waals surface area (Å²) in [7, 11) is 0. The molecule has 1 N–H and O–H groups in total. The minimum atomic E-state index is 0.0687. The first-order valence-electron chi connectivity index (χ1n) is 10.4. The van der Waals surface area contributed by atoms with E-state index in [0.29, 0.717) is 6.79 Å². The maximum atomic E-state index is 5.78. The Morgan fingerprint density at radius 2 is 1.93 bits per heavy atom. The second-order valence-corrected chi connectivity index (χ2v) is 8.04. The van der Waals surface area contributed by atoms with Crippen LogP contribution in [0.25, 0.3) is 10.9 Å². The van der Waals surface area contributed by atoms with Gasteiger partial charge in [0.2, 0.25) is 6.79 Å². The van der Waals surface area contributed by atoms with Crippen molar-refractivity contribution in [2.45, 2.75) is 25.9 Å². The predicted octanol–water partition coefficient (Wildman–Crippen LogP) is 4.75. The smallest absolute Gasteiger partial charge is 0.231 e. The third kappa shape index (κ3) is 2.77. The van der Waals surface area contributed by atoms with E-state index in [1.54, 1.807) is 0 Å². The highest BCUT2D eigenvalue weighted by atomic mass is 16.7. The number of nitrogens with zero attached hydrogens (tertiary/aromatic N) is 2. The lowest BCUT2D eigenvalue weighted by Crippen LogP contribution is -2.36. The molecule has 0 unspecified atom stereocenters. The van der Waals surface area contributed by atoms with Gasteiger partial charge in [0, 0.05) is 40.9 Å². The Kier molecular flexibility index (Phi) is 4.03. The Morgan fingerprint density at radius 1 is 1.03 bits per heavy atom. The van der Waals surface area contributed by atoms with Gasteiger partial charge < -0.3 is 14.5 Å². The van der Waals surface area contributed by atoms with Gasteiger partial charge in [0.25, 0.3) is 0 Å². The van der Waals surface area contributed by atoms with Crippen LogP contribution < -0.4 is 9.47 Å². The number of para-hydroxylation sites is 2. The molecule has 0 fully saturated rings. The molecule has 2 aliphatic rings. The molecule has 0 saturated heterocycles. The number of nitrogens with one attached hydrogen (secondary N) is 1. The molecule has 0 amide bonds. The second-order valence-electron chi connectivity index (χ2n) is 8.04. The van der Waals surface area contributed by atoms with Gasteiger partial charge in [-0.3, -0.25) is 9.88 Å². The van der Waals surface area contributed by atoms with Crippen molar-refractivity contribution in [2.75, 3.05) is 13.3 Å². The molecule has 6 rings (SSSR count). The molecule has 0 aliphatic carbocycles.